The van der Waals surface area contributed by atoms with Crippen molar-refractivity contribution in [3.05, 3.63) is 140 Å². The van der Waals surface area contributed by atoms with Gasteiger partial charge in [-0.15, -0.1) is 54.1 Å². The normalized spacial score (nSPS) is 11.3. The van der Waals surface area contributed by atoms with Crippen LogP contribution in [0.25, 0.3) is 61.3 Å². The number of benzene rings is 4. The molecule has 0 amide bonds. The van der Waals surface area contributed by atoms with Gasteiger partial charge in [-0.25, -0.2) is 0 Å². The minimum atomic E-state index is -1.44. The Labute approximate surface area is 277 Å². The van der Waals surface area contributed by atoms with E-state index < -0.39 is 8.07 Å². The molecule has 7 heteroatoms. The summed E-state index contributed by atoms with van der Waals surface area (Å²) in [4.78, 5) is 13.5. The molecule has 0 saturated carbocycles. The van der Waals surface area contributed by atoms with Gasteiger partial charge in [0, 0.05) is 43.6 Å². The Hall–Kier alpha value is -4.68. The predicted octanol–water partition coefficient (Wildman–Crippen LogP) is 8.88. The van der Waals surface area contributed by atoms with Crippen molar-refractivity contribution >= 4 is 46.2 Å². The maximum Gasteiger partial charge on any atom is 0.120 e. The number of pyridine rings is 2. The molecule has 0 saturated heterocycles. The van der Waals surface area contributed by atoms with Crippen molar-refractivity contribution < 1.29 is 24.5 Å². The third-order valence-electron chi connectivity index (χ3n) is 7.64. The fourth-order valence-corrected chi connectivity index (χ4v) is 6.53. The zero-order valence-corrected chi connectivity index (χ0v) is 28.5. The molecule has 4 heterocycles. The van der Waals surface area contributed by atoms with Crippen LogP contribution in [0.15, 0.2) is 132 Å². The van der Waals surface area contributed by atoms with Crippen molar-refractivity contribution in [1.29, 1.82) is 0 Å². The number of para-hydroxylation sites is 1. The summed E-state index contributed by atoms with van der Waals surface area (Å²) in [6.45, 7) is 7.06. The second-order valence-corrected chi connectivity index (χ2v) is 16.7. The summed E-state index contributed by atoms with van der Waals surface area (Å²) in [7, 11) is -1.44. The second-order valence-electron chi connectivity index (χ2n) is 11.6. The molecule has 0 aliphatic heterocycles. The zero-order chi connectivity index (χ0) is 30.1. The standard InChI is InChI=1S/C27H22N3OSi.C11H8N.Ir/c1-32(2,3)19-12-13-20-21-10-7-11-22(26(21)31-25(20)16-19)27-29-23-14-15-28-17-24(23)30(27)18-8-5-4-6-9-18;1-2-6-10(7-3-1)11-8-4-5-9-12-11;/h4-10,12-17H,1-3H3;1-6,8-9H;/q2*-1;. The molecule has 0 spiro atoms. The molecule has 0 unspecified atom stereocenters. The Kier molecular flexibility index (Phi) is 8.59. The Morgan fingerprint density at radius 3 is 2.33 bits per heavy atom. The molecule has 45 heavy (non-hydrogen) atoms. The monoisotopic (exact) mass is 779 g/mol. The van der Waals surface area contributed by atoms with Crippen LogP contribution in [0.2, 0.25) is 19.6 Å². The Balaban J connectivity index is 0.000000231. The van der Waals surface area contributed by atoms with E-state index in [2.05, 4.69) is 82.7 Å². The first kappa shape index (κ1) is 30.3. The molecule has 0 fully saturated rings. The number of fused-ring (bicyclic) bond motifs is 4. The van der Waals surface area contributed by atoms with Crippen LogP contribution in [0, 0.1) is 12.1 Å². The van der Waals surface area contributed by atoms with Gasteiger partial charge in [0.05, 0.1) is 36.7 Å². The number of aromatic nitrogens is 4. The van der Waals surface area contributed by atoms with Crippen LogP contribution >= 0.6 is 0 Å². The van der Waals surface area contributed by atoms with Crippen LogP contribution in [0.1, 0.15) is 0 Å². The summed E-state index contributed by atoms with van der Waals surface area (Å²) in [5, 5.41) is 3.60. The molecule has 4 aromatic carbocycles. The summed E-state index contributed by atoms with van der Waals surface area (Å²) >= 11 is 0. The minimum absolute atomic E-state index is 0. The molecular weight excluding hydrogens is 749 g/mol. The molecule has 0 aliphatic rings. The van der Waals surface area contributed by atoms with Gasteiger partial charge in [0.25, 0.3) is 0 Å². The number of hydrogen-bond donors (Lipinski definition) is 0. The number of imidazole rings is 1. The Bertz CT molecular complexity index is 2170. The van der Waals surface area contributed by atoms with E-state index in [0.29, 0.717) is 0 Å². The number of rotatable bonds is 4. The summed E-state index contributed by atoms with van der Waals surface area (Å²) in [5.74, 6) is 0.800. The first-order valence-electron chi connectivity index (χ1n) is 14.6. The van der Waals surface area contributed by atoms with Crippen LogP contribution in [-0.4, -0.2) is 27.6 Å². The molecule has 0 atom stereocenters. The molecule has 1 radical (unpaired) electrons. The first-order chi connectivity index (χ1) is 21.5. The van der Waals surface area contributed by atoms with Gasteiger partial charge in [-0.3, -0.25) is 9.97 Å². The van der Waals surface area contributed by atoms with E-state index in [-0.39, 0.29) is 20.1 Å². The van der Waals surface area contributed by atoms with Crippen molar-refractivity contribution in [2.24, 2.45) is 0 Å². The van der Waals surface area contributed by atoms with Crippen molar-refractivity contribution in [2.45, 2.75) is 19.6 Å². The van der Waals surface area contributed by atoms with Gasteiger partial charge in [0.1, 0.15) is 5.58 Å². The third kappa shape index (κ3) is 6.03. The first-order valence-corrected chi connectivity index (χ1v) is 18.1. The zero-order valence-electron chi connectivity index (χ0n) is 25.2. The Morgan fingerprint density at radius 2 is 1.58 bits per heavy atom. The van der Waals surface area contributed by atoms with Crippen molar-refractivity contribution in [2.75, 3.05) is 0 Å². The fraction of sp³-hybridized carbons (Fsp3) is 0.0789. The summed E-state index contributed by atoms with van der Waals surface area (Å²) in [6.07, 6.45) is 5.42. The van der Waals surface area contributed by atoms with Crippen LogP contribution < -0.4 is 5.19 Å². The van der Waals surface area contributed by atoms with Gasteiger partial charge in [-0.05, 0) is 36.0 Å². The molecule has 8 aromatic rings. The van der Waals surface area contributed by atoms with Gasteiger partial charge >= 0.3 is 0 Å². The topological polar surface area (TPSA) is 56.7 Å². The molecule has 223 valence electrons. The van der Waals surface area contributed by atoms with Crippen molar-refractivity contribution in [1.82, 2.24) is 19.5 Å². The maximum atomic E-state index is 6.48. The van der Waals surface area contributed by atoms with Crippen LogP contribution in [0.3, 0.4) is 0 Å². The molecule has 0 N–H and O–H groups in total. The van der Waals surface area contributed by atoms with Gasteiger partial charge in [0.2, 0.25) is 0 Å². The van der Waals surface area contributed by atoms with Crippen LogP contribution in [0.4, 0.5) is 0 Å². The number of furan rings is 1. The molecule has 8 rings (SSSR count). The predicted molar refractivity (Wildman–Crippen MR) is 182 cm³/mol. The van der Waals surface area contributed by atoms with E-state index in [4.69, 9.17) is 9.40 Å². The van der Waals surface area contributed by atoms with Gasteiger partial charge in [-0.2, -0.15) is 0 Å². The van der Waals surface area contributed by atoms with Crippen LogP contribution in [0.5, 0.6) is 0 Å². The van der Waals surface area contributed by atoms with Crippen molar-refractivity contribution in [3.8, 4) is 28.3 Å². The van der Waals surface area contributed by atoms with E-state index in [1.165, 1.54) is 5.19 Å². The molecular formula is C38H30IrN4OSi-2. The summed E-state index contributed by atoms with van der Waals surface area (Å²) in [6, 6.07) is 43.1. The van der Waals surface area contributed by atoms with E-state index >= 15 is 0 Å². The molecule has 4 aromatic heterocycles. The average molecular weight is 779 g/mol. The number of hydrogen-bond acceptors (Lipinski definition) is 4. The largest absolute Gasteiger partial charge is 0.501 e. The van der Waals surface area contributed by atoms with Crippen LogP contribution in [-0.2, 0) is 20.1 Å². The fourth-order valence-electron chi connectivity index (χ4n) is 5.38. The van der Waals surface area contributed by atoms with E-state index in [1.807, 2.05) is 79.0 Å². The van der Waals surface area contributed by atoms with E-state index in [0.717, 1.165) is 61.3 Å². The van der Waals surface area contributed by atoms with Gasteiger partial charge in [0.15, 0.2) is 0 Å². The summed E-state index contributed by atoms with van der Waals surface area (Å²) in [5.41, 5.74) is 7.48. The minimum Gasteiger partial charge on any atom is -0.501 e. The average Bonchev–Trinajstić information content (AvgIpc) is 3.64. The van der Waals surface area contributed by atoms with E-state index in [1.54, 1.807) is 12.4 Å². The third-order valence-corrected chi connectivity index (χ3v) is 9.69. The quantitative estimate of drug-likeness (QED) is 0.132. The van der Waals surface area contributed by atoms with Crippen molar-refractivity contribution in [3.63, 3.8) is 0 Å². The SMILES string of the molecule is C[Si](C)(C)c1ccc2c(c1)oc1c(-c3nc4ccncc4n3-c3ccccc3)[c-]ccc12.[Ir].[c-]1ccccc1-c1ccccn1. The molecule has 5 nitrogen and oxygen atoms in total. The van der Waals surface area contributed by atoms with Gasteiger partial charge < -0.3 is 14.0 Å². The number of nitrogens with zero attached hydrogens (tertiary/aromatic N) is 4. The van der Waals surface area contributed by atoms with E-state index in [9.17, 15) is 0 Å². The Morgan fingerprint density at radius 1 is 0.756 bits per heavy atom. The summed E-state index contributed by atoms with van der Waals surface area (Å²) < 4.78 is 8.62. The molecule has 0 aliphatic carbocycles. The second kappa shape index (κ2) is 12.7. The van der Waals surface area contributed by atoms with Gasteiger partial charge in [-0.1, -0.05) is 78.2 Å². The smallest absolute Gasteiger partial charge is 0.120 e. The molecule has 0 bridgehead atoms. The maximum absolute atomic E-state index is 6.48.